The molecule has 1 aromatic carbocycles. The van der Waals surface area contributed by atoms with Gasteiger partial charge in [0.25, 0.3) is 0 Å². The lowest BCUT2D eigenvalue weighted by molar-refractivity contribution is -0.0893. The highest BCUT2D eigenvalue weighted by atomic mass is 16.6. The molecule has 5 atom stereocenters. The number of aromatic nitrogens is 3. The Morgan fingerprint density at radius 2 is 1.75 bits per heavy atom. The van der Waals surface area contributed by atoms with Crippen molar-refractivity contribution < 1.29 is 14.3 Å². The van der Waals surface area contributed by atoms with E-state index in [9.17, 15) is 4.79 Å². The van der Waals surface area contributed by atoms with E-state index in [0.29, 0.717) is 37.1 Å². The van der Waals surface area contributed by atoms with Gasteiger partial charge in [-0.15, -0.1) is 0 Å². The zero-order valence-electron chi connectivity index (χ0n) is 26.0. The molecule has 8 rings (SSSR count). The molecule has 0 spiro atoms. The molecule has 1 N–H and O–H groups in total. The molecule has 5 aliphatic rings. The van der Waals surface area contributed by atoms with Crippen molar-refractivity contribution in [1.82, 2.24) is 19.9 Å². The molecule has 0 unspecified atom stereocenters. The number of rotatable bonds is 5. The van der Waals surface area contributed by atoms with Crippen LogP contribution in [0.15, 0.2) is 48.7 Å². The Labute approximate surface area is 258 Å². The maximum absolute atomic E-state index is 12.5. The van der Waals surface area contributed by atoms with Crippen LogP contribution >= 0.6 is 0 Å². The Hall–Kier alpha value is -3.96. The van der Waals surface area contributed by atoms with E-state index in [1.54, 1.807) is 4.90 Å². The van der Waals surface area contributed by atoms with Gasteiger partial charge in [0.15, 0.2) is 0 Å². The summed E-state index contributed by atoms with van der Waals surface area (Å²) in [5, 5.41) is 3.45. The first kappa shape index (κ1) is 27.6. The van der Waals surface area contributed by atoms with Crippen molar-refractivity contribution in [3.05, 3.63) is 54.2 Å². The molecule has 1 amide bonds. The molecule has 4 fully saturated rings. The number of piperazine rings is 1. The smallest absolute Gasteiger partial charge is 0.415 e. The van der Waals surface area contributed by atoms with Gasteiger partial charge in [-0.3, -0.25) is 9.80 Å². The Kier molecular flexibility index (Phi) is 6.12. The summed E-state index contributed by atoms with van der Waals surface area (Å²) < 4.78 is 11.7. The van der Waals surface area contributed by atoms with Gasteiger partial charge in [0.1, 0.15) is 24.1 Å². The number of hydrogen-bond acceptors (Lipinski definition) is 10. The maximum atomic E-state index is 12.5. The SMILES string of the molecule is C[C@H]1COC(=O)N1c1cccc(N2c3nc(Nc4ccc(N5C[C@@H]6C[C@H]5CN6C)cc4)ncc3[C@]3(C)COC(C)(C)C[C@H]23)n1. The second-order valence-corrected chi connectivity index (χ2v) is 13.9. The number of amides is 1. The Balaban J connectivity index is 1.12. The number of carbonyl (C=O) groups excluding carboxylic acids is 1. The van der Waals surface area contributed by atoms with E-state index in [-0.39, 0.29) is 29.2 Å². The number of nitrogens with one attached hydrogen (secondary N) is 1. The van der Waals surface area contributed by atoms with Gasteiger partial charge in [-0.1, -0.05) is 13.0 Å². The minimum Gasteiger partial charge on any atom is -0.447 e. The fourth-order valence-electron chi connectivity index (χ4n) is 7.82. The highest BCUT2D eigenvalue weighted by Crippen LogP contribution is 2.53. The lowest BCUT2D eigenvalue weighted by atomic mass is 9.73. The summed E-state index contributed by atoms with van der Waals surface area (Å²) in [6.07, 6.45) is 3.60. The molecule has 230 valence electrons. The molecule has 11 heteroatoms. The van der Waals surface area contributed by atoms with Gasteiger partial charge in [-0.25, -0.2) is 14.8 Å². The molecule has 11 nitrogen and oxygen atoms in total. The third kappa shape index (κ3) is 4.31. The van der Waals surface area contributed by atoms with Crippen LogP contribution in [0.3, 0.4) is 0 Å². The van der Waals surface area contributed by atoms with E-state index in [4.69, 9.17) is 24.4 Å². The number of carbonyl (C=O) groups is 1. The largest absolute Gasteiger partial charge is 0.447 e. The first-order valence-electron chi connectivity index (χ1n) is 15.7. The monoisotopic (exact) mass is 596 g/mol. The molecule has 0 saturated carbocycles. The van der Waals surface area contributed by atoms with E-state index in [0.717, 1.165) is 42.4 Å². The van der Waals surface area contributed by atoms with Crippen LogP contribution in [0.4, 0.5) is 39.6 Å². The molecule has 3 aromatic rings. The van der Waals surface area contributed by atoms with Crippen LogP contribution in [0.1, 0.15) is 46.1 Å². The van der Waals surface area contributed by atoms with E-state index < -0.39 is 0 Å². The van der Waals surface area contributed by atoms with Crippen LogP contribution < -0.4 is 20.0 Å². The van der Waals surface area contributed by atoms with Crippen molar-refractivity contribution in [2.75, 3.05) is 53.4 Å². The first-order valence-corrected chi connectivity index (χ1v) is 15.7. The fourth-order valence-corrected chi connectivity index (χ4v) is 7.82. The Morgan fingerprint density at radius 1 is 0.977 bits per heavy atom. The average molecular weight is 597 g/mol. The number of cyclic esters (lactones) is 1. The molecular weight excluding hydrogens is 556 g/mol. The molecular formula is C33H40N8O3. The third-order valence-electron chi connectivity index (χ3n) is 10.4. The van der Waals surface area contributed by atoms with E-state index in [1.165, 1.54) is 12.1 Å². The van der Waals surface area contributed by atoms with Crippen molar-refractivity contribution >= 4 is 40.9 Å². The van der Waals surface area contributed by atoms with Gasteiger partial charge >= 0.3 is 6.09 Å². The second kappa shape index (κ2) is 9.77. The Morgan fingerprint density at radius 3 is 2.43 bits per heavy atom. The highest BCUT2D eigenvalue weighted by Gasteiger charge is 2.55. The summed E-state index contributed by atoms with van der Waals surface area (Å²) in [5.41, 5.74) is 2.60. The summed E-state index contributed by atoms with van der Waals surface area (Å²) in [6.45, 7) is 11.6. The number of pyridine rings is 1. The quantitative estimate of drug-likeness (QED) is 0.441. The first-order chi connectivity index (χ1) is 21.1. The summed E-state index contributed by atoms with van der Waals surface area (Å²) in [6, 6.07) is 15.6. The number of fused-ring (bicyclic) bond motifs is 5. The van der Waals surface area contributed by atoms with Gasteiger partial charge in [0, 0.05) is 53.7 Å². The summed E-state index contributed by atoms with van der Waals surface area (Å²) in [7, 11) is 2.23. The van der Waals surface area contributed by atoms with Crippen LogP contribution in [0.2, 0.25) is 0 Å². The van der Waals surface area contributed by atoms with Gasteiger partial charge in [-0.05, 0) is 77.1 Å². The fraction of sp³-hybridized carbons (Fsp3) is 0.515. The molecule has 44 heavy (non-hydrogen) atoms. The zero-order valence-corrected chi connectivity index (χ0v) is 26.0. The molecule has 0 radical (unpaired) electrons. The third-order valence-corrected chi connectivity index (χ3v) is 10.4. The van der Waals surface area contributed by atoms with E-state index in [2.05, 4.69) is 72.1 Å². The topological polar surface area (TPSA) is 99.2 Å². The predicted molar refractivity (Wildman–Crippen MR) is 169 cm³/mol. The number of anilines is 6. The van der Waals surface area contributed by atoms with Crippen molar-refractivity contribution in [3.63, 3.8) is 0 Å². The molecule has 5 aliphatic heterocycles. The number of hydrogen-bond donors (Lipinski definition) is 1. The minimum atomic E-state index is -0.370. The summed E-state index contributed by atoms with van der Waals surface area (Å²) >= 11 is 0. The maximum Gasteiger partial charge on any atom is 0.415 e. The van der Waals surface area contributed by atoms with E-state index >= 15 is 0 Å². The number of benzene rings is 1. The van der Waals surface area contributed by atoms with Crippen LogP contribution in [-0.2, 0) is 14.9 Å². The van der Waals surface area contributed by atoms with Gasteiger partial charge in [0.05, 0.1) is 24.3 Å². The normalized spacial score (nSPS) is 30.5. The highest BCUT2D eigenvalue weighted by molar-refractivity contribution is 5.89. The van der Waals surface area contributed by atoms with Gasteiger partial charge in [0.2, 0.25) is 5.95 Å². The summed E-state index contributed by atoms with van der Waals surface area (Å²) in [5.74, 6) is 2.65. The molecule has 2 aromatic heterocycles. The van der Waals surface area contributed by atoms with Crippen LogP contribution in [-0.4, -0.2) is 89.1 Å². The Bertz CT molecular complexity index is 1610. The lowest BCUT2D eigenvalue weighted by Gasteiger charge is -2.46. The van der Waals surface area contributed by atoms with Gasteiger partial charge in [-0.2, -0.15) is 4.98 Å². The molecule has 0 aliphatic carbocycles. The molecule has 7 heterocycles. The van der Waals surface area contributed by atoms with Crippen molar-refractivity contribution in [1.29, 1.82) is 0 Å². The van der Waals surface area contributed by atoms with Crippen molar-refractivity contribution in [2.45, 2.75) is 75.7 Å². The van der Waals surface area contributed by atoms with E-state index in [1.807, 2.05) is 31.3 Å². The number of nitrogens with zero attached hydrogens (tertiary/aromatic N) is 7. The van der Waals surface area contributed by atoms with Crippen molar-refractivity contribution in [2.24, 2.45) is 0 Å². The standard InChI is InChI=1S/C33H40N8O3/c1-20-18-43-31(42)40(20)27-7-6-8-28(36-27)41-26-14-32(2,3)44-19-33(26,4)25-15-34-30(37-29(25)41)35-21-9-11-22(12-10-21)39-17-23-13-24(39)16-38(23)5/h6-12,15,20,23-24,26H,13-14,16-19H2,1-5H3,(H,34,35,37)/t20-,23-,24-,26-,33-/m0/s1. The summed E-state index contributed by atoms with van der Waals surface area (Å²) in [4.78, 5) is 36.3. The van der Waals surface area contributed by atoms with Crippen molar-refractivity contribution in [3.8, 4) is 0 Å². The van der Waals surface area contributed by atoms with Crippen LogP contribution in [0.5, 0.6) is 0 Å². The number of likely N-dealkylation sites (N-methyl/N-ethyl adjacent to an activating group) is 1. The zero-order chi connectivity index (χ0) is 30.4. The van der Waals surface area contributed by atoms with Crippen LogP contribution in [0, 0.1) is 0 Å². The lowest BCUT2D eigenvalue weighted by Crippen LogP contribution is -2.54. The van der Waals surface area contributed by atoms with Gasteiger partial charge < -0.3 is 24.6 Å². The van der Waals surface area contributed by atoms with Crippen LogP contribution in [0.25, 0.3) is 0 Å². The molecule has 2 bridgehead atoms. The minimum absolute atomic E-state index is 0.0469. The number of likely N-dealkylation sites (tertiary alicyclic amines) is 1. The number of ether oxygens (including phenoxy) is 2. The predicted octanol–water partition coefficient (Wildman–Crippen LogP) is 4.83. The molecule has 4 saturated heterocycles. The second-order valence-electron chi connectivity index (χ2n) is 13.9. The average Bonchev–Trinajstić information content (AvgIpc) is 3.73.